The van der Waals surface area contributed by atoms with Gasteiger partial charge in [0.2, 0.25) is 5.91 Å². The van der Waals surface area contributed by atoms with Gasteiger partial charge in [0.1, 0.15) is 6.61 Å². The normalized spacial score (nSPS) is 20.1. The van der Waals surface area contributed by atoms with Crippen molar-refractivity contribution in [2.45, 2.75) is 52.0 Å². The minimum absolute atomic E-state index is 0.0956. The number of aromatic nitrogens is 2. The van der Waals surface area contributed by atoms with E-state index in [4.69, 9.17) is 4.74 Å². The van der Waals surface area contributed by atoms with Crippen molar-refractivity contribution in [1.29, 1.82) is 0 Å². The van der Waals surface area contributed by atoms with Gasteiger partial charge in [-0.1, -0.05) is 51.1 Å². The smallest absolute Gasteiger partial charge is 0.415 e. The molecular formula is C24H30N4O3. The average Bonchev–Trinajstić information content (AvgIpc) is 3.13. The van der Waals surface area contributed by atoms with E-state index in [0.29, 0.717) is 18.8 Å². The molecular weight excluding hydrogens is 392 g/mol. The number of anilines is 1. The lowest BCUT2D eigenvalue weighted by molar-refractivity contribution is -0.140. The van der Waals surface area contributed by atoms with Crippen LogP contribution in [0, 0.1) is 5.41 Å². The lowest BCUT2D eigenvalue weighted by Crippen LogP contribution is -2.43. The van der Waals surface area contributed by atoms with Crippen LogP contribution >= 0.6 is 0 Å². The quantitative estimate of drug-likeness (QED) is 0.749. The summed E-state index contributed by atoms with van der Waals surface area (Å²) in [6, 6.07) is 9.96. The van der Waals surface area contributed by atoms with Gasteiger partial charge >= 0.3 is 6.09 Å². The first-order valence-electron chi connectivity index (χ1n) is 10.9. The van der Waals surface area contributed by atoms with Gasteiger partial charge in [0, 0.05) is 24.4 Å². The molecule has 2 fully saturated rings. The molecule has 0 N–H and O–H groups in total. The molecule has 1 atom stereocenters. The summed E-state index contributed by atoms with van der Waals surface area (Å²) in [6.45, 7) is 7.70. The molecule has 0 unspecified atom stereocenters. The van der Waals surface area contributed by atoms with E-state index in [9.17, 15) is 9.59 Å². The first-order valence-corrected chi connectivity index (χ1v) is 10.9. The van der Waals surface area contributed by atoms with Crippen LogP contribution in [0.3, 0.4) is 0 Å². The second kappa shape index (κ2) is 8.65. The van der Waals surface area contributed by atoms with Crippen LogP contribution in [-0.2, 0) is 16.0 Å². The maximum Gasteiger partial charge on any atom is 0.415 e. The van der Waals surface area contributed by atoms with Crippen molar-refractivity contribution >= 4 is 17.8 Å². The number of carbonyl (C=O) groups excluding carboxylic acids is 2. The zero-order chi connectivity index (χ0) is 22.0. The Bertz CT molecular complexity index is 916. The van der Waals surface area contributed by atoms with Crippen molar-refractivity contribution in [1.82, 2.24) is 14.9 Å². The van der Waals surface area contributed by atoms with E-state index in [0.717, 1.165) is 37.2 Å². The molecule has 164 valence electrons. The summed E-state index contributed by atoms with van der Waals surface area (Å²) in [5.41, 5.74) is 1.71. The Morgan fingerprint density at radius 1 is 1.10 bits per heavy atom. The Hall–Kier alpha value is -2.96. The molecule has 0 radical (unpaired) electrons. The van der Waals surface area contributed by atoms with Crippen LogP contribution in [0.4, 0.5) is 10.6 Å². The van der Waals surface area contributed by atoms with Gasteiger partial charge < -0.3 is 9.64 Å². The first-order chi connectivity index (χ1) is 14.8. The Labute approximate surface area is 183 Å². The van der Waals surface area contributed by atoms with E-state index < -0.39 is 0 Å². The topological polar surface area (TPSA) is 75.6 Å². The fourth-order valence-electron chi connectivity index (χ4n) is 4.30. The highest BCUT2D eigenvalue weighted by atomic mass is 16.6. The number of cyclic esters (lactones) is 1. The molecule has 1 aromatic heterocycles. The predicted octanol–water partition coefficient (Wildman–Crippen LogP) is 3.80. The van der Waals surface area contributed by atoms with Crippen LogP contribution < -0.4 is 4.90 Å². The van der Waals surface area contributed by atoms with Gasteiger partial charge in [0.05, 0.1) is 24.1 Å². The minimum atomic E-state index is -0.378. The van der Waals surface area contributed by atoms with Gasteiger partial charge in [-0.2, -0.15) is 0 Å². The third-order valence-electron chi connectivity index (χ3n) is 6.02. The minimum Gasteiger partial charge on any atom is -0.447 e. The summed E-state index contributed by atoms with van der Waals surface area (Å²) in [7, 11) is 0. The highest BCUT2D eigenvalue weighted by Crippen LogP contribution is 2.30. The third kappa shape index (κ3) is 4.70. The molecule has 2 aliphatic rings. The Balaban J connectivity index is 1.41. The van der Waals surface area contributed by atoms with E-state index in [2.05, 4.69) is 9.97 Å². The number of carbonyl (C=O) groups is 2. The number of hydrogen-bond acceptors (Lipinski definition) is 5. The maximum atomic E-state index is 12.5. The van der Waals surface area contributed by atoms with Crippen LogP contribution in [0.25, 0.3) is 0 Å². The van der Waals surface area contributed by atoms with Gasteiger partial charge in [0.15, 0.2) is 5.82 Å². The lowest BCUT2D eigenvalue weighted by Gasteiger charge is -2.35. The van der Waals surface area contributed by atoms with Gasteiger partial charge in [-0.15, -0.1) is 0 Å². The van der Waals surface area contributed by atoms with Gasteiger partial charge in [-0.3, -0.25) is 14.7 Å². The van der Waals surface area contributed by atoms with Crippen LogP contribution in [0.5, 0.6) is 0 Å². The van der Waals surface area contributed by atoms with Crippen LogP contribution in [-0.4, -0.2) is 52.6 Å². The zero-order valence-corrected chi connectivity index (χ0v) is 18.5. The molecule has 7 nitrogen and oxygen atoms in total. The molecule has 2 saturated heterocycles. The Morgan fingerprint density at radius 3 is 2.42 bits per heavy atom. The molecule has 0 spiro atoms. The molecule has 2 aromatic rings. The standard InChI is InChI=1S/C24H30N4O3/c1-24(2,3)22(29)27-11-9-18(10-12-27)20-14-26-21(15-25-20)28-19(16-31-23(28)30)13-17-7-5-4-6-8-17/h4-8,14-15,18-19H,9-13,16H2,1-3H3/t19-/m1/s1. The molecule has 1 aromatic carbocycles. The molecule has 31 heavy (non-hydrogen) atoms. The summed E-state index contributed by atoms with van der Waals surface area (Å²) in [6.07, 6.45) is 5.52. The predicted molar refractivity (Wildman–Crippen MR) is 118 cm³/mol. The molecule has 0 aliphatic carbocycles. The summed E-state index contributed by atoms with van der Waals surface area (Å²) in [4.78, 5) is 37.6. The molecule has 2 aliphatic heterocycles. The summed E-state index contributed by atoms with van der Waals surface area (Å²) in [5.74, 6) is 0.994. The Morgan fingerprint density at radius 2 is 1.81 bits per heavy atom. The number of hydrogen-bond donors (Lipinski definition) is 0. The molecule has 0 bridgehead atoms. The number of rotatable bonds is 4. The largest absolute Gasteiger partial charge is 0.447 e. The van der Waals surface area contributed by atoms with E-state index in [-0.39, 0.29) is 29.4 Å². The summed E-state index contributed by atoms with van der Waals surface area (Å²) in [5, 5.41) is 0. The summed E-state index contributed by atoms with van der Waals surface area (Å²) >= 11 is 0. The van der Waals surface area contributed by atoms with Crippen molar-refractivity contribution in [3.8, 4) is 0 Å². The van der Waals surface area contributed by atoms with Crippen molar-refractivity contribution in [3.63, 3.8) is 0 Å². The van der Waals surface area contributed by atoms with Gasteiger partial charge in [-0.25, -0.2) is 9.78 Å². The Kier molecular flexibility index (Phi) is 5.94. The number of nitrogens with zero attached hydrogens (tertiary/aromatic N) is 4. The third-order valence-corrected chi connectivity index (χ3v) is 6.02. The molecule has 0 saturated carbocycles. The van der Waals surface area contributed by atoms with Crippen LogP contribution in [0.2, 0.25) is 0 Å². The van der Waals surface area contributed by atoms with E-state index in [1.54, 1.807) is 17.3 Å². The monoisotopic (exact) mass is 422 g/mol. The van der Waals surface area contributed by atoms with Crippen LogP contribution in [0.15, 0.2) is 42.7 Å². The second-order valence-corrected chi connectivity index (χ2v) is 9.41. The SMILES string of the molecule is CC(C)(C)C(=O)N1CCC(c2cnc(N3C(=O)OC[C@H]3Cc3ccccc3)cn2)CC1. The van der Waals surface area contributed by atoms with Crippen molar-refractivity contribution < 1.29 is 14.3 Å². The second-order valence-electron chi connectivity index (χ2n) is 9.41. The number of amides is 2. The van der Waals surface area contributed by atoms with E-state index in [1.807, 2.05) is 56.0 Å². The van der Waals surface area contributed by atoms with Crippen molar-refractivity contribution in [2.24, 2.45) is 5.41 Å². The fraction of sp³-hybridized carbons (Fsp3) is 0.500. The zero-order valence-electron chi connectivity index (χ0n) is 18.5. The molecule has 7 heteroatoms. The first kappa shape index (κ1) is 21.3. The lowest BCUT2D eigenvalue weighted by atomic mass is 9.90. The van der Waals surface area contributed by atoms with Crippen molar-refractivity contribution in [2.75, 3.05) is 24.6 Å². The number of benzene rings is 1. The highest BCUT2D eigenvalue weighted by molar-refractivity contribution is 5.89. The molecule has 2 amide bonds. The van der Waals surface area contributed by atoms with Gasteiger partial charge in [0.25, 0.3) is 0 Å². The van der Waals surface area contributed by atoms with Crippen LogP contribution in [0.1, 0.15) is 50.8 Å². The van der Waals surface area contributed by atoms with E-state index in [1.165, 1.54) is 0 Å². The van der Waals surface area contributed by atoms with Crippen molar-refractivity contribution in [3.05, 3.63) is 54.0 Å². The summed E-state index contributed by atoms with van der Waals surface area (Å²) < 4.78 is 5.29. The maximum absolute atomic E-state index is 12.5. The molecule has 3 heterocycles. The highest BCUT2D eigenvalue weighted by Gasteiger charge is 2.36. The van der Waals surface area contributed by atoms with Gasteiger partial charge in [-0.05, 0) is 24.8 Å². The van der Waals surface area contributed by atoms with E-state index >= 15 is 0 Å². The number of ether oxygens (including phenoxy) is 1. The fourth-order valence-corrected chi connectivity index (χ4v) is 4.30. The average molecular weight is 423 g/mol. The molecule has 4 rings (SSSR count). The number of piperidine rings is 1. The number of likely N-dealkylation sites (tertiary alicyclic amines) is 1.